The number of pyridine rings is 1. The maximum Gasteiger partial charge on any atom is 0.331 e. The van der Waals surface area contributed by atoms with Crippen LogP contribution >= 0.6 is 0 Å². The van der Waals surface area contributed by atoms with E-state index in [1.807, 2.05) is 30.3 Å². The predicted octanol–water partition coefficient (Wildman–Crippen LogP) is 4.94. The van der Waals surface area contributed by atoms with Crippen LogP contribution < -0.4 is 4.90 Å². The molecule has 5 nitrogen and oxygen atoms in total. The number of halogens is 2. The maximum atomic E-state index is 14.9. The van der Waals surface area contributed by atoms with Gasteiger partial charge in [0.05, 0.1) is 0 Å². The Bertz CT molecular complexity index is 1230. The molecule has 1 aliphatic heterocycles. The van der Waals surface area contributed by atoms with Crippen molar-refractivity contribution < 1.29 is 18.4 Å². The topological polar surface area (TPSA) is 53.5 Å². The number of carbonyl (C=O) groups is 2. The van der Waals surface area contributed by atoms with E-state index in [1.165, 1.54) is 16.7 Å². The predicted molar refractivity (Wildman–Crippen MR) is 125 cm³/mol. The largest absolute Gasteiger partial charge is 0.331 e. The van der Waals surface area contributed by atoms with Crippen molar-refractivity contribution in [3.05, 3.63) is 95.3 Å². The lowest BCUT2D eigenvalue weighted by Crippen LogP contribution is -2.56. The number of urea groups is 1. The summed E-state index contributed by atoms with van der Waals surface area (Å²) in [4.78, 5) is 31.7. The molecule has 1 fully saturated rings. The van der Waals surface area contributed by atoms with Crippen LogP contribution in [0.3, 0.4) is 0 Å². The van der Waals surface area contributed by atoms with E-state index in [1.54, 1.807) is 25.4 Å². The first-order valence-electron chi connectivity index (χ1n) is 11.0. The molecule has 0 bridgehead atoms. The van der Waals surface area contributed by atoms with Crippen LogP contribution in [0.5, 0.6) is 0 Å². The van der Waals surface area contributed by atoms with Gasteiger partial charge in [-0.15, -0.1) is 0 Å². The molecule has 34 heavy (non-hydrogen) atoms. The Labute approximate surface area is 197 Å². The minimum Gasteiger partial charge on any atom is -0.324 e. The molecule has 2 heterocycles. The lowest BCUT2D eigenvalue weighted by atomic mass is 9.99. The van der Waals surface area contributed by atoms with E-state index >= 15 is 0 Å². The molecule has 3 amide bonds. The molecule has 7 heteroatoms. The van der Waals surface area contributed by atoms with Gasteiger partial charge in [-0.25, -0.2) is 18.5 Å². The molecule has 0 radical (unpaired) electrons. The first kappa shape index (κ1) is 23.1. The Hall–Kier alpha value is -4.05. The van der Waals surface area contributed by atoms with E-state index < -0.39 is 29.3 Å². The molecular formula is C27H23F2N3O2. The summed E-state index contributed by atoms with van der Waals surface area (Å²) >= 11 is 0. The number of anilines is 1. The summed E-state index contributed by atoms with van der Waals surface area (Å²) in [5, 5.41) is 0. The highest BCUT2D eigenvalue weighted by molar-refractivity contribution is 6.16. The van der Waals surface area contributed by atoms with E-state index in [0.717, 1.165) is 25.0 Å². The summed E-state index contributed by atoms with van der Waals surface area (Å²) < 4.78 is 29.8. The van der Waals surface area contributed by atoms with E-state index in [-0.39, 0.29) is 18.0 Å². The van der Waals surface area contributed by atoms with Gasteiger partial charge in [-0.1, -0.05) is 42.2 Å². The minimum atomic E-state index is -1.02. The molecule has 1 aromatic heterocycles. The smallest absolute Gasteiger partial charge is 0.324 e. The summed E-state index contributed by atoms with van der Waals surface area (Å²) in [6.07, 6.45) is 5.35. The van der Waals surface area contributed by atoms with Gasteiger partial charge in [-0.05, 0) is 49.1 Å². The number of hydrogen-bond donors (Lipinski definition) is 0. The maximum absolute atomic E-state index is 14.9. The van der Waals surface area contributed by atoms with Crippen LogP contribution in [0.4, 0.5) is 19.3 Å². The van der Waals surface area contributed by atoms with Gasteiger partial charge in [0.15, 0.2) is 11.6 Å². The van der Waals surface area contributed by atoms with Gasteiger partial charge in [-0.3, -0.25) is 9.78 Å². The van der Waals surface area contributed by atoms with Gasteiger partial charge >= 0.3 is 6.03 Å². The molecule has 0 aliphatic carbocycles. The molecule has 0 N–H and O–H groups in total. The van der Waals surface area contributed by atoms with Crippen molar-refractivity contribution in [2.75, 3.05) is 11.9 Å². The Balaban J connectivity index is 1.48. The van der Waals surface area contributed by atoms with E-state index in [4.69, 9.17) is 0 Å². The lowest BCUT2D eigenvalue weighted by Gasteiger charge is -2.38. The minimum absolute atomic E-state index is 0.00151. The highest BCUT2D eigenvalue weighted by atomic mass is 19.1. The molecular weight excluding hydrogens is 436 g/mol. The number of amides is 3. The van der Waals surface area contributed by atoms with Gasteiger partial charge in [-0.2, -0.15) is 0 Å². The van der Waals surface area contributed by atoms with Gasteiger partial charge in [0.25, 0.3) is 0 Å². The van der Waals surface area contributed by atoms with Crippen LogP contribution in [0.1, 0.15) is 36.0 Å². The molecule has 1 saturated heterocycles. The van der Waals surface area contributed by atoms with E-state index in [2.05, 4.69) is 16.8 Å². The van der Waals surface area contributed by atoms with Gasteiger partial charge in [0.2, 0.25) is 5.91 Å². The van der Waals surface area contributed by atoms with Crippen LogP contribution in [0.25, 0.3) is 0 Å². The van der Waals surface area contributed by atoms with E-state index in [0.29, 0.717) is 16.9 Å². The van der Waals surface area contributed by atoms with Crippen molar-refractivity contribution in [2.45, 2.75) is 31.7 Å². The van der Waals surface area contributed by atoms with Gasteiger partial charge in [0.1, 0.15) is 5.69 Å². The fraction of sp³-hybridized carbons (Fsp3) is 0.222. The zero-order chi connectivity index (χ0) is 24.1. The number of benzene rings is 2. The second kappa shape index (κ2) is 10.3. The number of carbonyl (C=O) groups excluding carboxylic acids is 2. The zero-order valence-electron chi connectivity index (χ0n) is 18.7. The highest BCUT2D eigenvalue weighted by Gasteiger charge is 2.39. The molecule has 0 saturated carbocycles. The van der Waals surface area contributed by atoms with Crippen LogP contribution in [-0.4, -0.2) is 34.9 Å². The van der Waals surface area contributed by atoms with Crippen LogP contribution in [0.2, 0.25) is 0 Å². The average molecular weight is 459 g/mol. The molecule has 3 aromatic rings. The van der Waals surface area contributed by atoms with Crippen molar-refractivity contribution in [3.63, 3.8) is 0 Å². The fourth-order valence-electron chi connectivity index (χ4n) is 3.99. The number of imide groups is 1. The van der Waals surface area contributed by atoms with Crippen LogP contribution in [0.15, 0.2) is 67.0 Å². The van der Waals surface area contributed by atoms with Crippen molar-refractivity contribution in [1.29, 1.82) is 0 Å². The summed E-state index contributed by atoms with van der Waals surface area (Å²) in [5.74, 6) is 2.79. The molecule has 0 spiro atoms. The first-order chi connectivity index (χ1) is 16.4. The van der Waals surface area contributed by atoms with Crippen LogP contribution in [-0.2, 0) is 11.2 Å². The molecule has 4 rings (SSSR count). The van der Waals surface area contributed by atoms with Crippen LogP contribution in [0, 0.1) is 23.5 Å². The highest BCUT2D eigenvalue weighted by Crippen LogP contribution is 2.31. The Kier molecular flexibility index (Phi) is 6.98. The third-order valence-corrected chi connectivity index (χ3v) is 5.80. The second-order valence-corrected chi connectivity index (χ2v) is 8.14. The summed E-state index contributed by atoms with van der Waals surface area (Å²) in [5.41, 5.74) is 1.19. The standard InChI is InChI=1S/C27H23F2N3O2/c1-31-22(11-5-9-19-7-3-2-4-8-19)17-25(33)32(27(31)34)26-23(28)15-21(16-24(26)29)13-12-20-10-6-14-30-18-20/h2-4,6-8,10,14-16,18,22H,5,9,11,17H2,1H3. The quantitative estimate of drug-likeness (QED) is 0.508. The fourth-order valence-corrected chi connectivity index (χ4v) is 3.99. The summed E-state index contributed by atoms with van der Waals surface area (Å²) in [7, 11) is 1.55. The van der Waals surface area contributed by atoms with Crippen molar-refractivity contribution in [3.8, 4) is 11.8 Å². The molecule has 1 atom stereocenters. The second-order valence-electron chi connectivity index (χ2n) is 8.14. The number of aryl methyl sites for hydroxylation is 1. The Morgan fingerprint density at radius 2 is 1.71 bits per heavy atom. The molecule has 2 aromatic carbocycles. The number of rotatable bonds is 5. The van der Waals surface area contributed by atoms with Gasteiger partial charge < -0.3 is 4.90 Å². The molecule has 1 aliphatic rings. The van der Waals surface area contributed by atoms with E-state index in [9.17, 15) is 18.4 Å². The average Bonchev–Trinajstić information content (AvgIpc) is 2.84. The summed E-state index contributed by atoms with van der Waals surface area (Å²) in [6, 6.07) is 14.3. The van der Waals surface area contributed by atoms with Crippen molar-refractivity contribution in [2.24, 2.45) is 0 Å². The Morgan fingerprint density at radius 1 is 1.00 bits per heavy atom. The molecule has 172 valence electrons. The number of aromatic nitrogens is 1. The first-order valence-corrected chi connectivity index (χ1v) is 11.0. The normalized spacial score (nSPS) is 15.8. The van der Waals surface area contributed by atoms with Crippen molar-refractivity contribution in [1.82, 2.24) is 9.88 Å². The number of nitrogens with zero attached hydrogens (tertiary/aromatic N) is 3. The third kappa shape index (κ3) is 5.12. The zero-order valence-corrected chi connectivity index (χ0v) is 18.7. The van der Waals surface area contributed by atoms with Gasteiger partial charge in [0, 0.05) is 43.0 Å². The molecule has 1 unspecified atom stereocenters. The lowest BCUT2D eigenvalue weighted by molar-refractivity contribution is -0.120. The monoisotopic (exact) mass is 459 g/mol. The number of hydrogen-bond acceptors (Lipinski definition) is 3. The van der Waals surface area contributed by atoms with Crippen molar-refractivity contribution >= 4 is 17.6 Å². The summed E-state index contributed by atoms with van der Waals surface area (Å²) in [6.45, 7) is 0. The Morgan fingerprint density at radius 3 is 2.38 bits per heavy atom. The SMILES string of the molecule is CN1C(=O)N(c2c(F)cc(C#Cc3cccnc3)cc2F)C(=O)CC1CCCc1ccccc1. The third-order valence-electron chi connectivity index (χ3n) is 5.80.